The maximum absolute atomic E-state index is 12.0. The van der Waals surface area contributed by atoms with E-state index in [0.29, 0.717) is 6.42 Å². The van der Waals surface area contributed by atoms with E-state index in [9.17, 15) is 9.59 Å². The molecule has 5 nitrogen and oxygen atoms in total. The van der Waals surface area contributed by atoms with Crippen molar-refractivity contribution in [2.45, 2.75) is 25.3 Å². The molecule has 0 spiro atoms. The number of piperidine rings is 1. The molecule has 1 aliphatic carbocycles. The average Bonchev–Trinajstić information content (AvgIpc) is 3.08. The maximum Gasteiger partial charge on any atom is 0.307 e. The van der Waals surface area contributed by atoms with E-state index in [2.05, 4.69) is 11.9 Å². The number of carboxylic acid groups (broad SMARTS) is 1. The van der Waals surface area contributed by atoms with Crippen molar-refractivity contribution in [2.75, 3.05) is 27.2 Å². The van der Waals surface area contributed by atoms with Gasteiger partial charge in [-0.2, -0.15) is 0 Å². The Bertz CT molecular complexity index is 324. The number of carbonyl (C=O) groups excluding carboxylic acids is 1. The summed E-state index contributed by atoms with van der Waals surface area (Å²) in [5.74, 6) is -1.51. The summed E-state index contributed by atoms with van der Waals surface area (Å²) in [4.78, 5) is 26.8. The molecular formula is C12H20N2O3. The van der Waals surface area contributed by atoms with Gasteiger partial charge in [0.2, 0.25) is 5.91 Å². The van der Waals surface area contributed by atoms with Crippen LogP contribution in [0.2, 0.25) is 0 Å². The lowest BCUT2D eigenvalue weighted by molar-refractivity contribution is -0.142. The van der Waals surface area contributed by atoms with E-state index in [1.807, 2.05) is 7.05 Å². The molecule has 1 amide bonds. The molecule has 5 heteroatoms. The molecule has 0 aromatic carbocycles. The zero-order chi connectivity index (χ0) is 12.6. The van der Waals surface area contributed by atoms with Crippen molar-refractivity contribution in [2.24, 2.45) is 11.8 Å². The number of nitrogens with zero attached hydrogens (tertiary/aromatic N) is 2. The zero-order valence-corrected chi connectivity index (χ0v) is 10.4. The fraction of sp³-hybridized carbons (Fsp3) is 0.833. The topological polar surface area (TPSA) is 60.9 Å². The Labute approximate surface area is 101 Å². The maximum atomic E-state index is 12.0. The van der Waals surface area contributed by atoms with Gasteiger partial charge in [0, 0.05) is 13.1 Å². The highest BCUT2D eigenvalue weighted by Gasteiger charge is 2.50. The Morgan fingerprint density at radius 1 is 1.24 bits per heavy atom. The fourth-order valence-corrected chi connectivity index (χ4v) is 2.56. The van der Waals surface area contributed by atoms with E-state index < -0.39 is 11.9 Å². The minimum absolute atomic E-state index is 0.0203. The van der Waals surface area contributed by atoms with Gasteiger partial charge in [-0.3, -0.25) is 9.59 Å². The molecule has 0 radical (unpaired) electrons. The highest BCUT2D eigenvalue weighted by Crippen LogP contribution is 2.40. The number of aliphatic carboxylic acids is 1. The summed E-state index contributed by atoms with van der Waals surface area (Å²) in [7, 11) is 3.90. The molecule has 0 aromatic rings. The third-order valence-corrected chi connectivity index (χ3v) is 4.01. The first-order valence-electron chi connectivity index (χ1n) is 6.18. The highest BCUT2D eigenvalue weighted by molar-refractivity contribution is 5.89. The van der Waals surface area contributed by atoms with Gasteiger partial charge in [0.1, 0.15) is 0 Å². The summed E-state index contributed by atoms with van der Waals surface area (Å²) in [6.07, 6.45) is 2.50. The van der Waals surface area contributed by atoms with Gasteiger partial charge in [-0.25, -0.2) is 0 Å². The molecule has 17 heavy (non-hydrogen) atoms. The van der Waals surface area contributed by atoms with Crippen LogP contribution in [0, 0.1) is 11.8 Å². The number of rotatable bonds is 3. The SMILES string of the molecule is CN1CCC(N(C)C(=O)C2CC2C(=O)O)CC1. The van der Waals surface area contributed by atoms with E-state index in [-0.39, 0.29) is 17.9 Å². The Morgan fingerprint density at radius 2 is 1.82 bits per heavy atom. The number of likely N-dealkylation sites (tertiary alicyclic amines) is 1. The van der Waals surface area contributed by atoms with Gasteiger partial charge in [-0.15, -0.1) is 0 Å². The van der Waals surface area contributed by atoms with Crippen LogP contribution in [0.15, 0.2) is 0 Å². The Kier molecular flexibility index (Phi) is 3.38. The van der Waals surface area contributed by atoms with E-state index >= 15 is 0 Å². The van der Waals surface area contributed by atoms with E-state index in [4.69, 9.17) is 5.11 Å². The van der Waals surface area contributed by atoms with Gasteiger partial charge in [0.15, 0.2) is 0 Å². The van der Waals surface area contributed by atoms with Crippen molar-refractivity contribution in [3.8, 4) is 0 Å². The molecule has 1 saturated heterocycles. The average molecular weight is 240 g/mol. The van der Waals surface area contributed by atoms with Crippen molar-refractivity contribution < 1.29 is 14.7 Å². The molecule has 1 saturated carbocycles. The minimum atomic E-state index is -0.833. The molecule has 0 bridgehead atoms. The zero-order valence-electron chi connectivity index (χ0n) is 10.4. The number of hydrogen-bond donors (Lipinski definition) is 1. The van der Waals surface area contributed by atoms with Gasteiger partial charge < -0.3 is 14.9 Å². The van der Waals surface area contributed by atoms with Gasteiger partial charge in [-0.05, 0) is 39.4 Å². The fourth-order valence-electron chi connectivity index (χ4n) is 2.56. The third-order valence-electron chi connectivity index (χ3n) is 4.01. The van der Waals surface area contributed by atoms with Crippen LogP contribution >= 0.6 is 0 Å². The summed E-state index contributed by atoms with van der Waals surface area (Å²) in [6.45, 7) is 2.02. The van der Waals surface area contributed by atoms with E-state index in [1.54, 1.807) is 4.90 Å². The second kappa shape index (κ2) is 4.64. The van der Waals surface area contributed by atoms with Gasteiger partial charge in [0.25, 0.3) is 0 Å². The summed E-state index contributed by atoms with van der Waals surface area (Å²) in [5, 5.41) is 8.82. The number of amides is 1. The van der Waals surface area contributed by atoms with E-state index in [1.165, 1.54) is 0 Å². The summed E-state index contributed by atoms with van der Waals surface area (Å²) in [6, 6.07) is 0.286. The molecule has 2 rings (SSSR count). The largest absolute Gasteiger partial charge is 0.481 e. The minimum Gasteiger partial charge on any atom is -0.481 e. The lowest BCUT2D eigenvalue weighted by Gasteiger charge is -2.35. The number of carboxylic acids is 1. The van der Waals surface area contributed by atoms with Crippen LogP contribution in [0.5, 0.6) is 0 Å². The Balaban J connectivity index is 1.86. The van der Waals surface area contributed by atoms with Crippen molar-refractivity contribution in [1.82, 2.24) is 9.80 Å². The first kappa shape index (κ1) is 12.4. The molecule has 96 valence electrons. The van der Waals surface area contributed by atoms with Crippen molar-refractivity contribution in [3.63, 3.8) is 0 Å². The highest BCUT2D eigenvalue weighted by atomic mass is 16.4. The number of hydrogen-bond acceptors (Lipinski definition) is 3. The summed E-state index contributed by atoms with van der Waals surface area (Å²) < 4.78 is 0. The quantitative estimate of drug-likeness (QED) is 0.768. The smallest absolute Gasteiger partial charge is 0.307 e. The van der Waals surface area contributed by atoms with Crippen LogP contribution in [0.25, 0.3) is 0 Å². The lowest BCUT2D eigenvalue weighted by atomic mass is 10.0. The second-order valence-corrected chi connectivity index (χ2v) is 5.27. The predicted molar refractivity (Wildman–Crippen MR) is 62.5 cm³/mol. The molecule has 2 fully saturated rings. The van der Waals surface area contributed by atoms with Crippen LogP contribution in [0.4, 0.5) is 0 Å². The van der Waals surface area contributed by atoms with Gasteiger partial charge in [-0.1, -0.05) is 0 Å². The van der Waals surface area contributed by atoms with Gasteiger partial charge >= 0.3 is 5.97 Å². The summed E-state index contributed by atoms with van der Waals surface area (Å²) >= 11 is 0. The normalized spacial score (nSPS) is 30.0. The molecule has 2 aliphatic rings. The molecule has 0 aromatic heterocycles. The molecule has 2 unspecified atom stereocenters. The summed E-state index contributed by atoms with van der Waals surface area (Å²) in [5.41, 5.74) is 0. The monoisotopic (exact) mass is 240 g/mol. The third kappa shape index (κ3) is 2.60. The van der Waals surface area contributed by atoms with Crippen LogP contribution in [-0.4, -0.2) is 60.0 Å². The lowest BCUT2D eigenvalue weighted by Crippen LogP contribution is -2.45. The first-order valence-corrected chi connectivity index (χ1v) is 6.18. The van der Waals surface area contributed by atoms with E-state index in [0.717, 1.165) is 25.9 Å². The standard InChI is InChI=1S/C12H20N2O3/c1-13-5-3-8(4-6-13)14(2)11(15)9-7-10(9)12(16)17/h8-10H,3-7H2,1-2H3,(H,16,17). The Hall–Kier alpha value is -1.10. The molecular weight excluding hydrogens is 220 g/mol. The number of carbonyl (C=O) groups is 2. The Morgan fingerprint density at radius 3 is 2.29 bits per heavy atom. The van der Waals surface area contributed by atoms with Crippen LogP contribution in [0.1, 0.15) is 19.3 Å². The molecule has 1 heterocycles. The van der Waals surface area contributed by atoms with Gasteiger partial charge in [0.05, 0.1) is 11.8 Å². The second-order valence-electron chi connectivity index (χ2n) is 5.27. The predicted octanol–water partition coefficient (Wildman–Crippen LogP) is 0.260. The molecule has 1 aliphatic heterocycles. The van der Waals surface area contributed by atoms with Crippen LogP contribution in [0.3, 0.4) is 0 Å². The molecule has 2 atom stereocenters. The van der Waals surface area contributed by atoms with Crippen molar-refractivity contribution in [3.05, 3.63) is 0 Å². The van der Waals surface area contributed by atoms with Crippen LogP contribution < -0.4 is 0 Å². The first-order chi connectivity index (χ1) is 8.00. The van der Waals surface area contributed by atoms with Crippen molar-refractivity contribution >= 4 is 11.9 Å². The molecule has 1 N–H and O–H groups in total. The van der Waals surface area contributed by atoms with Crippen LogP contribution in [-0.2, 0) is 9.59 Å². The van der Waals surface area contributed by atoms with Crippen molar-refractivity contribution in [1.29, 1.82) is 0 Å².